The number of pyridine rings is 1. The molecule has 1 aliphatic heterocycles. The number of rotatable bonds is 3. The van der Waals surface area contributed by atoms with Gasteiger partial charge in [0.1, 0.15) is 11.0 Å². The molecular formula is C17H14F3N3O. The van der Waals surface area contributed by atoms with Crippen molar-refractivity contribution in [3.8, 4) is 11.1 Å². The number of benzene rings is 1. The van der Waals surface area contributed by atoms with Crippen LogP contribution in [0.4, 0.5) is 13.2 Å². The molecule has 0 spiro atoms. The first-order valence-electron chi connectivity index (χ1n) is 7.61. The van der Waals surface area contributed by atoms with Crippen molar-refractivity contribution in [2.45, 2.75) is 25.2 Å². The SMILES string of the molecule is FC(F)(F)c1cccc(-c2cnc3cn(CC4CCO4)nc3c2)c1. The molecule has 0 saturated carbocycles. The molecule has 124 valence electrons. The summed E-state index contributed by atoms with van der Waals surface area (Å²) in [6.07, 6.45) is 0.232. The highest BCUT2D eigenvalue weighted by atomic mass is 19.4. The monoisotopic (exact) mass is 333 g/mol. The number of aromatic nitrogens is 3. The Balaban J connectivity index is 1.67. The van der Waals surface area contributed by atoms with E-state index in [0.717, 1.165) is 25.2 Å². The summed E-state index contributed by atoms with van der Waals surface area (Å²) in [5.41, 5.74) is 1.77. The fourth-order valence-electron chi connectivity index (χ4n) is 2.72. The van der Waals surface area contributed by atoms with Crippen LogP contribution >= 0.6 is 0 Å². The van der Waals surface area contributed by atoms with E-state index in [-0.39, 0.29) is 6.10 Å². The number of nitrogens with zero attached hydrogens (tertiary/aromatic N) is 3. The third-order valence-corrected chi connectivity index (χ3v) is 4.11. The van der Waals surface area contributed by atoms with E-state index < -0.39 is 11.7 Å². The van der Waals surface area contributed by atoms with Gasteiger partial charge in [-0.25, -0.2) is 0 Å². The predicted octanol–water partition coefficient (Wildman–Crippen LogP) is 3.91. The first-order valence-corrected chi connectivity index (χ1v) is 7.61. The third kappa shape index (κ3) is 2.87. The van der Waals surface area contributed by atoms with Gasteiger partial charge in [0.2, 0.25) is 0 Å². The van der Waals surface area contributed by atoms with E-state index in [4.69, 9.17) is 4.74 Å². The standard InChI is InChI=1S/C17H14F3N3O/c18-17(19,20)13-3-1-2-11(6-13)12-7-15-16(21-8-12)10-23(22-15)9-14-4-5-24-14/h1-3,6-8,10,14H,4-5,9H2. The average molecular weight is 333 g/mol. The fourth-order valence-corrected chi connectivity index (χ4v) is 2.72. The van der Waals surface area contributed by atoms with Gasteiger partial charge in [-0.1, -0.05) is 12.1 Å². The summed E-state index contributed by atoms with van der Waals surface area (Å²) in [5, 5.41) is 4.44. The summed E-state index contributed by atoms with van der Waals surface area (Å²) >= 11 is 0. The molecule has 1 fully saturated rings. The zero-order valence-corrected chi connectivity index (χ0v) is 12.6. The van der Waals surface area contributed by atoms with E-state index in [1.165, 1.54) is 6.07 Å². The largest absolute Gasteiger partial charge is 0.416 e. The minimum absolute atomic E-state index is 0.183. The molecule has 24 heavy (non-hydrogen) atoms. The van der Waals surface area contributed by atoms with E-state index in [1.54, 1.807) is 23.0 Å². The summed E-state index contributed by atoms with van der Waals surface area (Å²) < 4.78 is 45.7. The number of fused-ring (bicyclic) bond motifs is 1. The lowest BCUT2D eigenvalue weighted by atomic mass is 10.0. The van der Waals surface area contributed by atoms with Crippen LogP contribution in [0.5, 0.6) is 0 Å². The summed E-state index contributed by atoms with van der Waals surface area (Å²) in [5.74, 6) is 0. The highest BCUT2D eigenvalue weighted by molar-refractivity contribution is 5.79. The Bertz CT molecular complexity index is 884. The molecule has 1 aliphatic rings. The molecule has 4 nitrogen and oxygen atoms in total. The van der Waals surface area contributed by atoms with Gasteiger partial charge in [0.05, 0.1) is 24.4 Å². The van der Waals surface area contributed by atoms with Crippen molar-refractivity contribution in [2.75, 3.05) is 6.61 Å². The summed E-state index contributed by atoms with van der Waals surface area (Å²) in [6.45, 7) is 1.44. The maximum Gasteiger partial charge on any atom is 0.416 e. The Morgan fingerprint density at radius 3 is 2.71 bits per heavy atom. The van der Waals surface area contributed by atoms with Crippen molar-refractivity contribution >= 4 is 11.0 Å². The van der Waals surface area contributed by atoms with E-state index in [9.17, 15) is 13.2 Å². The second-order valence-corrected chi connectivity index (χ2v) is 5.84. The molecule has 3 aromatic rings. The highest BCUT2D eigenvalue weighted by Gasteiger charge is 2.30. The number of ether oxygens (including phenoxy) is 1. The second kappa shape index (κ2) is 5.59. The molecule has 2 aromatic heterocycles. The van der Waals surface area contributed by atoms with E-state index in [2.05, 4.69) is 10.1 Å². The minimum atomic E-state index is -4.36. The molecule has 0 amide bonds. The first-order chi connectivity index (χ1) is 11.5. The van der Waals surface area contributed by atoms with Gasteiger partial charge in [0.15, 0.2) is 0 Å². The van der Waals surface area contributed by atoms with Crippen molar-refractivity contribution in [2.24, 2.45) is 0 Å². The Labute approximate surface area is 135 Å². The second-order valence-electron chi connectivity index (χ2n) is 5.84. The van der Waals surface area contributed by atoms with Crippen molar-refractivity contribution in [1.29, 1.82) is 0 Å². The van der Waals surface area contributed by atoms with Gasteiger partial charge in [0.25, 0.3) is 0 Å². The van der Waals surface area contributed by atoms with E-state index in [1.807, 2.05) is 6.20 Å². The smallest absolute Gasteiger partial charge is 0.376 e. The summed E-state index contributed by atoms with van der Waals surface area (Å²) in [6, 6.07) is 6.98. The van der Waals surface area contributed by atoms with E-state index >= 15 is 0 Å². The predicted molar refractivity (Wildman–Crippen MR) is 82.3 cm³/mol. The Hall–Kier alpha value is -2.41. The van der Waals surface area contributed by atoms with Crippen molar-refractivity contribution in [3.63, 3.8) is 0 Å². The van der Waals surface area contributed by atoms with Crippen molar-refractivity contribution in [1.82, 2.24) is 14.8 Å². The van der Waals surface area contributed by atoms with Crippen molar-refractivity contribution in [3.05, 3.63) is 48.3 Å². The number of hydrogen-bond acceptors (Lipinski definition) is 3. The molecule has 1 unspecified atom stereocenters. The molecule has 0 aliphatic carbocycles. The average Bonchev–Trinajstić information content (AvgIpc) is 2.92. The van der Waals surface area contributed by atoms with Gasteiger partial charge < -0.3 is 4.74 Å². The fraction of sp³-hybridized carbons (Fsp3) is 0.294. The van der Waals surface area contributed by atoms with Crippen LogP contribution in [0.1, 0.15) is 12.0 Å². The molecule has 0 N–H and O–H groups in total. The summed E-state index contributed by atoms with van der Waals surface area (Å²) in [4.78, 5) is 4.32. The molecule has 1 saturated heterocycles. The van der Waals surface area contributed by atoms with Crippen molar-refractivity contribution < 1.29 is 17.9 Å². The Morgan fingerprint density at radius 2 is 2.00 bits per heavy atom. The van der Waals surface area contributed by atoms with Crippen LogP contribution in [-0.4, -0.2) is 27.5 Å². The first kappa shape index (κ1) is 15.1. The van der Waals surface area contributed by atoms with Crippen LogP contribution < -0.4 is 0 Å². The van der Waals surface area contributed by atoms with Gasteiger partial charge in [0, 0.05) is 18.4 Å². The molecular weight excluding hydrogens is 319 g/mol. The number of hydrogen-bond donors (Lipinski definition) is 0. The van der Waals surface area contributed by atoms with Gasteiger partial charge in [-0.15, -0.1) is 0 Å². The molecule has 0 bridgehead atoms. The van der Waals surface area contributed by atoms with Crippen LogP contribution in [0.25, 0.3) is 22.2 Å². The maximum absolute atomic E-state index is 12.9. The molecule has 1 aromatic carbocycles. The lowest BCUT2D eigenvalue weighted by Gasteiger charge is -2.25. The lowest BCUT2D eigenvalue weighted by molar-refractivity contribution is -0.137. The minimum Gasteiger partial charge on any atom is -0.376 e. The quantitative estimate of drug-likeness (QED) is 0.730. The molecule has 3 heterocycles. The van der Waals surface area contributed by atoms with E-state index in [0.29, 0.717) is 28.7 Å². The molecule has 4 rings (SSSR count). The normalized spacial score (nSPS) is 17.9. The zero-order valence-electron chi connectivity index (χ0n) is 12.6. The van der Waals surface area contributed by atoms with Crippen LogP contribution in [0, 0.1) is 0 Å². The number of alkyl halides is 3. The van der Waals surface area contributed by atoms with Crippen LogP contribution in [0.15, 0.2) is 42.7 Å². The third-order valence-electron chi connectivity index (χ3n) is 4.11. The van der Waals surface area contributed by atoms with Gasteiger partial charge >= 0.3 is 6.18 Å². The molecule has 7 heteroatoms. The van der Waals surface area contributed by atoms with Gasteiger partial charge in [-0.3, -0.25) is 9.67 Å². The molecule has 0 radical (unpaired) electrons. The van der Waals surface area contributed by atoms with Crippen LogP contribution in [0.3, 0.4) is 0 Å². The van der Waals surface area contributed by atoms with Gasteiger partial charge in [-0.2, -0.15) is 18.3 Å². The highest BCUT2D eigenvalue weighted by Crippen LogP contribution is 2.32. The molecule has 1 atom stereocenters. The number of halogens is 3. The van der Waals surface area contributed by atoms with Gasteiger partial charge in [-0.05, 0) is 30.2 Å². The van der Waals surface area contributed by atoms with Crippen LogP contribution in [0.2, 0.25) is 0 Å². The Morgan fingerprint density at radius 1 is 1.17 bits per heavy atom. The van der Waals surface area contributed by atoms with Crippen LogP contribution in [-0.2, 0) is 17.5 Å². The topological polar surface area (TPSA) is 39.9 Å². The Kier molecular flexibility index (Phi) is 3.53. The summed E-state index contributed by atoms with van der Waals surface area (Å²) in [7, 11) is 0. The maximum atomic E-state index is 12.9. The lowest BCUT2D eigenvalue weighted by Crippen LogP contribution is -2.31. The zero-order chi connectivity index (χ0) is 16.7.